The van der Waals surface area contributed by atoms with Crippen molar-refractivity contribution in [1.82, 2.24) is 0 Å². The van der Waals surface area contributed by atoms with Gasteiger partial charge in [-0.25, -0.2) is 13.2 Å². The van der Waals surface area contributed by atoms with Crippen LogP contribution in [0.2, 0.25) is 0 Å². The van der Waals surface area contributed by atoms with E-state index in [1.807, 2.05) is 0 Å². The number of hydrogen-bond donors (Lipinski definition) is 1. The van der Waals surface area contributed by atoms with Gasteiger partial charge in [-0.05, 0) is 0 Å². The SMILES string of the molecule is NS(=O)(=O)Oc1cc(F)c(F)cc1F. The smallest absolute Gasteiger partial charge is 0.368 e. The van der Waals surface area contributed by atoms with Crippen LogP contribution in [-0.4, -0.2) is 8.42 Å². The molecule has 78 valence electrons. The van der Waals surface area contributed by atoms with E-state index in [1.165, 1.54) is 0 Å². The highest BCUT2D eigenvalue weighted by Gasteiger charge is 2.14. The van der Waals surface area contributed by atoms with E-state index in [0.717, 1.165) is 0 Å². The van der Waals surface area contributed by atoms with Gasteiger partial charge in [-0.15, -0.1) is 0 Å². The fourth-order valence-corrected chi connectivity index (χ4v) is 1.07. The van der Waals surface area contributed by atoms with Crippen LogP contribution in [-0.2, 0) is 10.3 Å². The molecule has 14 heavy (non-hydrogen) atoms. The van der Waals surface area contributed by atoms with Crippen molar-refractivity contribution in [2.45, 2.75) is 0 Å². The quantitative estimate of drug-likeness (QED) is 0.755. The van der Waals surface area contributed by atoms with Crippen LogP contribution >= 0.6 is 0 Å². The zero-order valence-electron chi connectivity index (χ0n) is 6.50. The Labute approximate surface area is 77.4 Å². The van der Waals surface area contributed by atoms with Gasteiger partial charge in [0, 0.05) is 12.1 Å². The molecule has 0 spiro atoms. The lowest BCUT2D eigenvalue weighted by Gasteiger charge is -2.03. The van der Waals surface area contributed by atoms with Crippen molar-refractivity contribution in [3.05, 3.63) is 29.6 Å². The Morgan fingerprint density at radius 2 is 1.57 bits per heavy atom. The van der Waals surface area contributed by atoms with Crippen molar-refractivity contribution in [2.24, 2.45) is 5.14 Å². The highest BCUT2D eigenvalue weighted by atomic mass is 32.2. The standard InChI is InChI=1S/C6H4F3NO3S/c7-3-1-5(9)6(2-4(3)8)13-14(10,11)12/h1-2H,(H2,10,11,12). The van der Waals surface area contributed by atoms with Crippen molar-refractivity contribution in [3.8, 4) is 5.75 Å². The Hall–Kier alpha value is -1.28. The van der Waals surface area contributed by atoms with Crippen molar-refractivity contribution in [3.63, 3.8) is 0 Å². The molecule has 4 nitrogen and oxygen atoms in total. The summed E-state index contributed by atoms with van der Waals surface area (Å²) >= 11 is 0. The molecule has 0 radical (unpaired) electrons. The molecule has 0 unspecified atom stereocenters. The maximum Gasteiger partial charge on any atom is 0.380 e. The molecule has 1 aromatic carbocycles. The summed E-state index contributed by atoms with van der Waals surface area (Å²) < 4.78 is 62.0. The van der Waals surface area contributed by atoms with E-state index in [1.54, 1.807) is 0 Å². The minimum absolute atomic E-state index is 0.149. The zero-order chi connectivity index (χ0) is 10.9. The Morgan fingerprint density at radius 3 is 2.07 bits per heavy atom. The molecule has 0 saturated carbocycles. The Bertz CT molecular complexity index is 460. The maximum atomic E-state index is 12.7. The fraction of sp³-hybridized carbons (Fsp3) is 0. The second-order valence-electron chi connectivity index (χ2n) is 2.27. The van der Waals surface area contributed by atoms with Gasteiger partial charge in [0.15, 0.2) is 23.2 Å². The minimum atomic E-state index is -4.46. The molecule has 0 aromatic heterocycles. The molecule has 0 fully saturated rings. The van der Waals surface area contributed by atoms with Gasteiger partial charge in [0.1, 0.15) is 0 Å². The molecule has 0 heterocycles. The number of benzene rings is 1. The van der Waals surface area contributed by atoms with Crippen LogP contribution in [0, 0.1) is 17.5 Å². The van der Waals surface area contributed by atoms with E-state index in [0.29, 0.717) is 0 Å². The number of nitrogens with two attached hydrogens (primary N) is 1. The summed E-state index contributed by atoms with van der Waals surface area (Å²) in [4.78, 5) is 0. The molecule has 0 amide bonds. The molecule has 0 bridgehead atoms. The van der Waals surface area contributed by atoms with Gasteiger partial charge < -0.3 is 4.18 Å². The van der Waals surface area contributed by atoms with E-state index < -0.39 is 33.5 Å². The summed E-state index contributed by atoms with van der Waals surface area (Å²) in [7, 11) is -4.46. The molecule has 0 aliphatic heterocycles. The summed E-state index contributed by atoms with van der Waals surface area (Å²) in [5.74, 6) is -5.25. The van der Waals surface area contributed by atoms with Crippen LogP contribution in [0.3, 0.4) is 0 Å². The zero-order valence-corrected chi connectivity index (χ0v) is 7.32. The van der Waals surface area contributed by atoms with Crippen molar-refractivity contribution < 1.29 is 25.8 Å². The molecule has 0 aliphatic rings. The number of hydrogen-bond acceptors (Lipinski definition) is 3. The average Bonchev–Trinajstić information content (AvgIpc) is 1.97. The minimum Gasteiger partial charge on any atom is -0.368 e. The van der Waals surface area contributed by atoms with Crippen LogP contribution in [0.25, 0.3) is 0 Å². The first-order valence-electron chi connectivity index (χ1n) is 3.16. The Kier molecular flexibility index (Phi) is 2.67. The molecule has 0 saturated heterocycles. The van der Waals surface area contributed by atoms with E-state index in [9.17, 15) is 21.6 Å². The van der Waals surface area contributed by atoms with Gasteiger partial charge >= 0.3 is 10.3 Å². The van der Waals surface area contributed by atoms with Gasteiger partial charge in [-0.2, -0.15) is 13.6 Å². The molecular formula is C6H4F3NO3S. The molecular weight excluding hydrogens is 223 g/mol. The van der Waals surface area contributed by atoms with Crippen molar-refractivity contribution >= 4 is 10.3 Å². The first-order chi connectivity index (χ1) is 6.29. The molecule has 0 aliphatic carbocycles. The Balaban J connectivity index is 3.17. The van der Waals surface area contributed by atoms with Crippen molar-refractivity contribution in [2.75, 3.05) is 0 Å². The first kappa shape index (κ1) is 10.8. The van der Waals surface area contributed by atoms with Crippen LogP contribution < -0.4 is 9.32 Å². The van der Waals surface area contributed by atoms with Crippen LogP contribution in [0.1, 0.15) is 0 Å². The van der Waals surface area contributed by atoms with E-state index in [2.05, 4.69) is 9.32 Å². The van der Waals surface area contributed by atoms with Gasteiger partial charge in [0.2, 0.25) is 0 Å². The van der Waals surface area contributed by atoms with Gasteiger partial charge in [-0.1, -0.05) is 0 Å². The molecule has 2 N–H and O–H groups in total. The van der Waals surface area contributed by atoms with Crippen LogP contribution in [0.4, 0.5) is 13.2 Å². The maximum absolute atomic E-state index is 12.7. The summed E-state index contributed by atoms with van der Waals surface area (Å²) in [5, 5.41) is 4.39. The summed E-state index contributed by atoms with van der Waals surface area (Å²) in [6.07, 6.45) is 0. The second kappa shape index (κ2) is 3.46. The largest absolute Gasteiger partial charge is 0.380 e. The third-order valence-electron chi connectivity index (χ3n) is 1.18. The van der Waals surface area contributed by atoms with E-state index >= 15 is 0 Å². The average molecular weight is 227 g/mol. The third kappa shape index (κ3) is 2.60. The molecule has 0 atom stereocenters. The predicted octanol–water partition coefficient (Wildman–Crippen LogP) is 0.686. The second-order valence-corrected chi connectivity index (χ2v) is 3.43. The topological polar surface area (TPSA) is 69.4 Å². The molecule has 1 aromatic rings. The predicted molar refractivity (Wildman–Crippen MR) is 40.1 cm³/mol. The Morgan fingerprint density at radius 1 is 1.07 bits per heavy atom. The summed E-state index contributed by atoms with van der Waals surface area (Å²) in [6.45, 7) is 0. The molecule has 8 heteroatoms. The van der Waals surface area contributed by atoms with Crippen LogP contribution in [0.5, 0.6) is 5.75 Å². The molecule has 1 rings (SSSR count). The lowest BCUT2D eigenvalue weighted by molar-refractivity contribution is 0.442. The first-order valence-corrected chi connectivity index (χ1v) is 4.63. The number of halogens is 3. The normalized spacial score (nSPS) is 11.4. The number of rotatable bonds is 2. The van der Waals surface area contributed by atoms with E-state index in [-0.39, 0.29) is 12.1 Å². The highest BCUT2D eigenvalue weighted by molar-refractivity contribution is 7.84. The monoisotopic (exact) mass is 227 g/mol. The van der Waals surface area contributed by atoms with Gasteiger partial charge in [0.25, 0.3) is 0 Å². The van der Waals surface area contributed by atoms with Gasteiger partial charge in [0.05, 0.1) is 0 Å². The van der Waals surface area contributed by atoms with Crippen LogP contribution in [0.15, 0.2) is 12.1 Å². The lowest BCUT2D eigenvalue weighted by Crippen LogP contribution is -2.19. The summed E-state index contributed by atoms with van der Waals surface area (Å²) in [6, 6.07) is 0.394. The highest BCUT2D eigenvalue weighted by Crippen LogP contribution is 2.21. The summed E-state index contributed by atoms with van der Waals surface area (Å²) in [5.41, 5.74) is 0. The lowest BCUT2D eigenvalue weighted by atomic mass is 10.3. The fourth-order valence-electron chi connectivity index (χ4n) is 0.693. The van der Waals surface area contributed by atoms with E-state index in [4.69, 9.17) is 0 Å². The van der Waals surface area contributed by atoms with Crippen molar-refractivity contribution in [1.29, 1.82) is 0 Å². The third-order valence-corrected chi connectivity index (χ3v) is 1.59. The van der Waals surface area contributed by atoms with Gasteiger partial charge in [-0.3, -0.25) is 0 Å².